The molecule has 124 valence electrons. The summed E-state index contributed by atoms with van der Waals surface area (Å²) in [4.78, 5) is 4.32. The first-order valence-corrected chi connectivity index (χ1v) is 8.91. The number of rotatable bonds is 2. The maximum absolute atomic E-state index is 6.34. The third kappa shape index (κ3) is 4.00. The molecule has 0 radical (unpaired) electrons. The zero-order valence-corrected chi connectivity index (χ0v) is 15.1. The summed E-state index contributed by atoms with van der Waals surface area (Å²) in [5.74, 6) is 0. The van der Waals surface area contributed by atoms with E-state index in [0.717, 1.165) is 32.2 Å². The van der Waals surface area contributed by atoms with Crippen LogP contribution in [0, 0.1) is 6.92 Å². The van der Waals surface area contributed by atoms with Crippen LogP contribution in [0.3, 0.4) is 0 Å². The number of aromatic nitrogens is 1. The lowest BCUT2D eigenvalue weighted by Crippen LogP contribution is -2.27. The molecule has 0 amide bonds. The Morgan fingerprint density at radius 1 is 1.00 bits per heavy atom. The maximum atomic E-state index is 6.34. The smallest absolute Gasteiger partial charge is 0.0909 e. The zero-order valence-electron chi connectivity index (χ0n) is 13.6. The second kappa shape index (κ2) is 7.87. The molecule has 2 nitrogen and oxygen atoms in total. The molecular formula is C20H20Cl2N2. The first kappa shape index (κ1) is 17.1. The average molecular weight is 359 g/mol. The molecule has 1 aromatic heterocycles. The summed E-state index contributed by atoms with van der Waals surface area (Å²) >= 11 is 12.1. The molecule has 0 bridgehead atoms. The highest BCUT2D eigenvalue weighted by Crippen LogP contribution is 2.32. The van der Waals surface area contributed by atoms with Gasteiger partial charge in [-0.25, -0.2) is 0 Å². The summed E-state index contributed by atoms with van der Waals surface area (Å²) in [5, 5.41) is 6.14. The number of hydrogen-bond acceptors (Lipinski definition) is 2. The minimum Gasteiger partial charge on any atom is -0.381 e. The molecule has 0 unspecified atom stereocenters. The van der Waals surface area contributed by atoms with E-state index in [4.69, 9.17) is 23.2 Å². The number of benzene rings is 2. The molecule has 24 heavy (non-hydrogen) atoms. The maximum Gasteiger partial charge on any atom is 0.0909 e. The lowest BCUT2D eigenvalue weighted by atomic mass is 9.93. The summed E-state index contributed by atoms with van der Waals surface area (Å²) in [5.41, 5.74) is 3.03. The minimum atomic E-state index is 0.596. The number of fused-ring (bicyclic) bond motifs is 1. The van der Waals surface area contributed by atoms with Gasteiger partial charge < -0.3 is 5.32 Å². The molecular weight excluding hydrogens is 339 g/mol. The van der Waals surface area contributed by atoms with Crippen LogP contribution in [0.4, 0.5) is 5.69 Å². The van der Waals surface area contributed by atoms with Crippen LogP contribution in [0.15, 0.2) is 54.7 Å². The highest BCUT2D eigenvalue weighted by Gasteiger charge is 2.18. The Morgan fingerprint density at radius 3 is 2.42 bits per heavy atom. The molecule has 1 saturated carbocycles. The van der Waals surface area contributed by atoms with Crippen LogP contribution in [-0.4, -0.2) is 11.0 Å². The number of hydrogen-bond donors (Lipinski definition) is 1. The Bertz CT molecular complexity index is 808. The molecule has 4 heteroatoms. The van der Waals surface area contributed by atoms with Gasteiger partial charge in [-0.05, 0) is 49.9 Å². The second-order valence-corrected chi connectivity index (χ2v) is 6.81. The van der Waals surface area contributed by atoms with E-state index in [1.807, 2.05) is 49.4 Å². The first-order valence-electron chi connectivity index (χ1n) is 8.16. The summed E-state index contributed by atoms with van der Waals surface area (Å²) < 4.78 is 0. The van der Waals surface area contributed by atoms with Crippen molar-refractivity contribution in [2.45, 2.75) is 32.2 Å². The Hall–Kier alpha value is -1.77. The summed E-state index contributed by atoms with van der Waals surface area (Å²) in [6, 6.07) is 16.4. The van der Waals surface area contributed by atoms with Crippen LogP contribution in [0.2, 0.25) is 10.0 Å². The predicted octanol–water partition coefficient (Wildman–Crippen LogP) is 6.50. The van der Waals surface area contributed by atoms with Crippen LogP contribution in [-0.2, 0) is 0 Å². The second-order valence-electron chi connectivity index (χ2n) is 6.02. The number of aryl methyl sites for hydroxylation is 1. The molecule has 0 atom stereocenters. The number of nitrogens with one attached hydrogen (secondary N) is 1. The first-order chi connectivity index (χ1) is 11.6. The van der Waals surface area contributed by atoms with E-state index in [9.17, 15) is 0 Å². The van der Waals surface area contributed by atoms with E-state index in [2.05, 4.69) is 16.4 Å². The van der Waals surface area contributed by atoms with Crippen LogP contribution < -0.4 is 5.32 Å². The molecule has 2 aromatic carbocycles. The van der Waals surface area contributed by atoms with E-state index in [0.29, 0.717) is 6.04 Å². The molecule has 0 aliphatic heterocycles. The van der Waals surface area contributed by atoms with E-state index in [1.165, 1.54) is 19.3 Å². The van der Waals surface area contributed by atoms with Gasteiger partial charge in [0.05, 0.1) is 16.2 Å². The van der Waals surface area contributed by atoms with E-state index in [-0.39, 0.29) is 0 Å². The Kier molecular flexibility index (Phi) is 5.60. The van der Waals surface area contributed by atoms with Gasteiger partial charge >= 0.3 is 0 Å². The highest BCUT2D eigenvalue weighted by atomic mass is 35.5. The fourth-order valence-electron chi connectivity index (χ4n) is 2.54. The van der Waals surface area contributed by atoms with E-state index >= 15 is 0 Å². The summed E-state index contributed by atoms with van der Waals surface area (Å²) in [7, 11) is 0. The predicted molar refractivity (Wildman–Crippen MR) is 104 cm³/mol. The third-order valence-corrected chi connectivity index (χ3v) is 5.06. The SMILES string of the molecule is Cc1ccccc1Cl.Clc1c(NC2CCC2)ccc2cccnc12. The number of anilines is 1. The number of pyridine rings is 1. The van der Waals surface area contributed by atoms with Gasteiger partial charge in [-0.15, -0.1) is 0 Å². The van der Waals surface area contributed by atoms with Gasteiger partial charge in [0, 0.05) is 22.6 Å². The van der Waals surface area contributed by atoms with Crippen LogP contribution >= 0.6 is 23.2 Å². The van der Waals surface area contributed by atoms with Crippen LogP contribution in [0.1, 0.15) is 24.8 Å². The van der Waals surface area contributed by atoms with Crippen LogP contribution in [0.25, 0.3) is 10.9 Å². The quantitative estimate of drug-likeness (QED) is 0.565. The number of nitrogens with zero attached hydrogens (tertiary/aromatic N) is 1. The average Bonchev–Trinajstić information content (AvgIpc) is 2.56. The van der Waals surface area contributed by atoms with Crippen molar-refractivity contribution >= 4 is 39.8 Å². The van der Waals surface area contributed by atoms with Gasteiger partial charge in [0.2, 0.25) is 0 Å². The molecule has 1 N–H and O–H groups in total. The normalized spacial score (nSPS) is 13.8. The van der Waals surface area contributed by atoms with Crippen molar-refractivity contribution in [2.24, 2.45) is 0 Å². The van der Waals surface area contributed by atoms with Crippen molar-refractivity contribution in [3.05, 3.63) is 70.3 Å². The molecule has 0 spiro atoms. The lowest BCUT2D eigenvalue weighted by molar-refractivity contribution is 0.445. The van der Waals surface area contributed by atoms with Gasteiger partial charge in [0.15, 0.2) is 0 Å². The molecule has 4 rings (SSSR count). The fraction of sp³-hybridized carbons (Fsp3) is 0.250. The Labute approximate surface area is 152 Å². The van der Waals surface area contributed by atoms with Crippen molar-refractivity contribution in [1.82, 2.24) is 4.98 Å². The van der Waals surface area contributed by atoms with E-state index in [1.54, 1.807) is 6.20 Å². The van der Waals surface area contributed by atoms with Crippen molar-refractivity contribution in [3.63, 3.8) is 0 Å². The zero-order chi connectivity index (χ0) is 16.9. The molecule has 1 fully saturated rings. The molecule has 0 saturated heterocycles. The Morgan fingerprint density at radius 2 is 1.79 bits per heavy atom. The van der Waals surface area contributed by atoms with Crippen molar-refractivity contribution < 1.29 is 0 Å². The monoisotopic (exact) mass is 358 g/mol. The van der Waals surface area contributed by atoms with Crippen molar-refractivity contribution in [1.29, 1.82) is 0 Å². The third-order valence-electron chi connectivity index (χ3n) is 4.25. The Balaban J connectivity index is 0.000000179. The van der Waals surface area contributed by atoms with Crippen molar-refractivity contribution in [3.8, 4) is 0 Å². The van der Waals surface area contributed by atoms with Crippen molar-refractivity contribution in [2.75, 3.05) is 5.32 Å². The largest absolute Gasteiger partial charge is 0.381 e. The van der Waals surface area contributed by atoms with Gasteiger partial charge in [-0.3, -0.25) is 4.98 Å². The lowest BCUT2D eigenvalue weighted by Gasteiger charge is -2.28. The summed E-state index contributed by atoms with van der Waals surface area (Å²) in [6.07, 6.45) is 5.59. The van der Waals surface area contributed by atoms with Gasteiger partial charge in [-0.1, -0.05) is 53.5 Å². The number of halogens is 2. The van der Waals surface area contributed by atoms with Gasteiger partial charge in [-0.2, -0.15) is 0 Å². The highest BCUT2D eigenvalue weighted by molar-refractivity contribution is 6.37. The van der Waals surface area contributed by atoms with Crippen LogP contribution in [0.5, 0.6) is 0 Å². The topological polar surface area (TPSA) is 24.9 Å². The molecule has 1 heterocycles. The minimum absolute atomic E-state index is 0.596. The van der Waals surface area contributed by atoms with E-state index < -0.39 is 0 Å². The summed E-state index contributed by atoms with van der Waals surface area (Å²) in [6.45, 7) is 1.99. The molecule has 1 aliphatic carbocycles. The standard InChI is InChI=1S/C13H13ClN2.C7H7Cl/c14-12-11(16-10-4-1-5-10)7-6-9-3-2-8-15-13(9)12;1-6-4-2-3-5-7(6)8/h2-3,6-8,10,16H,1,4-5H2;2-5H,1H3. The fourth-order valence-corrected chi connectivity index (χ4v) is 2.96. The molecule has 3 aromatic rings. The molecule has 1 aliphatic rings. The van der Waals surface area contributed by atoms with Gasteiger partial charge in [0.1, 0.15) is 0 Å². The van der Waals surface area contributed by atoms with Gasteiger partial charge in [0.25, 0.3) is 0 Å².